The molecule has 0 radical (unpaired) electrons. The van der Waals surface area contributed by atoms with Crippen LogP contribution < -0.4 is 25.8 Å². The SMILES string of the molecule is COc1ccc(CSCCN[C@@H]2CCN(Cc3ccc(CCN)cc3)CC[C@H]2NCCSCc2ccc(OC)cc2)cc1. The minimum absolute atomic E-state index is 0.477. The van der Waals surface area contributed by atoms with Crippen molar-refractivity contribution >= 4 is 23.5 Å². The number of nitrogens with zero attached hydrogens (tertiary/aromatic N) is 1. The third-order valence-electron chi connectivity index (χ3n) is 8.02. The zero-order chi connectivity index (χ0) is 30.1. The van der Waals surface area contributed by atoms with E-state index in [0.29, 0.717) is 18.6 Å². The predicted molar refractivity (Wildman–Crippen MR) is 186 cm³/mol. The van der Waals surface area contributed by atoms with Gasteiger partial charge in [0.2, 0.25) is 0 Å². The van der Waals surface area contributed by atoms with Crippen molar-refractivity contribution < 1.29 is 9.47 Å². The highest BCUT2D eigenvalue weighted by Gasteiger charge is 2.25. The van der Waals surface area contributed by atoms with Gasteiger partial charge < -0.3 is 25.8 Å². The highest BCUT2D eigenvalue weighted by Crippen LogP contribution is 2.19. The lowest BCUT2D eigenvalue weighted by Gasteiger charge is -2.27. The average molecular weight is 623 g/mol. The van der Waals surface area contributed by atoms with Crippen LogP contribution in [-0.2, 0) is 24.5 Å². The Balaban J connectivity index is 1.24. The van der Waals surface area contributed by atoms with Gasteiger partial charge in [-0.2, -0.15) is 23.5 Å². The van der Waals surface area contributed by atoms with Gasteiger partial charge in [0.05, 0.1) is 14.2 Å². The number of hydrogen-bond donors (Lipinski definition) is 3. The molecular formula is C35H50N4O2S2. The molecule has 1 heterocycles. The maximum Gasteiger partial charge on any atom is 0.118 e. The molecule has 234 valence electrons. The van der Waals surface area contributed by atoms with Crippen LogP contribution in [0.25, 0.3) is 0 Å². The molecule has 0 unspecified atom stereocenters. The largest absolute Gasteiger partial charge is 0.497 e. The number of thioether (sulfide) groups is 2. The Morgan fingerprint density at radius 2 is 1.12 bits per heavy atom. The van der Waals surface area contributed by atoms with Gasteiger partial charge in [-0.3, -0.25) is 4.90 Å². The Morgan fingerprint density at radius 3 is 1.56 bits per heavy atom. The molecule has 0 aliphatic carbocycles. The van der Waals surface area contributed by atoms with Crippen LogP contribution in [0.3, 0.4) is 0 Å². The topological polar surface area (TPSA) is 71.8 Å². The van der Waals surface area contributed by atoms with Crippen molar-refractivity contribution in [3.63, 3.8) is 0 Å². The van der Waals surface area contributed by atoms with Gasteiger partial charge >= 0.3 is 0 Å². The Bertz CT molecular complexity index is 1090. The van der Waals surface area contributed by atoms with E-state index in [1.54, 1.807) is 14.2 Å². The quantitative estimate of drug-likeness (QED) is 0.159. The fourth-order valence-corrected chi connectivity index (χ4v) is 7.17. The van der Waals surface area contributed by atoms with Crippen LogP contribution in [0.5, 0.6) is 11.5 Å². The summed E-state index contributed by atoms with van der Waals surface area (Å²) in [6, 6.07) is 26.8. The number of rotatable bonds is 18. The van der Waals surface area contributed by atoms with Crippen LogP contribution in [0.15, 0.2) is 72.8 Å². The third kappa shape index (κ3) is 12.0. The second-order valence-corrected chi connectivity index (χ2v) is 13.3. The van der Waals surface area contributed by atoms with Gasteiger partial charge in [0.1, 0.15) is 11.5 Å². The summed E-state index contributed by atoms with van der Waals surface area (Å²) >= 11 is 3.99. The third-order valence-corrected chi connectivity index (χ3v) is 10.1. The molecule has 8 heteroatoms. The minimum atomic E-state index is 0.477. The number of nitrogens with two attached hydrogens (primary N) is 1. The van der Waals surface area contributed by atoms with E-state index in [-0.39, 0.29) is 0 Å². The van der Waals surface area contributed by atoms with Crippen molar-refractivity contribution in [2.45, 2.75) is 49.4 Å². The van der Waals surface area contributed by atoms with Gasteiger partial charge in [0, 0.05) is 67.8 Å². The van der Waals surface area contributed by atoms with Crippen LogP contribution in [0.4, 0.5) is 0 Å². The molecule has 0 amide bonds. The number of ether oxygens (including phenoxy) is 2. The predicted octanol–water partition coefficient (Wildman–Crippen LogP) is 5.58. The highest BCUT2D eigenvalue weighted by atomic mass is 32.2. The molecule has 0 spiro atoms. The molecular weight excluding hydrogens is 573 g/mol. The monoisotopic (exact) mass is 622 g/mol. The van der Waals surface area contributed by atoms with Gasteiger partial charge in [-0.1, -0.05) is 48.5 Å². The lowest BCUT2D eigenvalue weighted by atomic mass is 10.0. The van der Waals surface area contributed by atoms with Crippen molar-refractivity contribution in [1.82, 2.24) is 15.5 Å². The summed E-state index contributed by atoms with van der Waals surface area (Å²) in [5.74, 6) is 6.10. The zero-order valence-corrected chi connectivity index (χ0v) is 27.6. The van der Waals surface area contributed by atoms with Gasteiger partial charge in [-0.15, -0.1) is 0 Å². The van der Waals surface area contributed by atoms with Crippen molar-refractivity contribution in [3.05, 3.63) is 95.1 Å². The molecule has 4 N–H and O–H groups in total. The van der Waals surface area contributed by atoms with Crippen LogP contribution in [0.2, 0.25) is 0 Å². The number of hydrogen-bond acceptors (Lipinski definition) is 8. The van der Waals surface area contributed by atoms with E-state index >= 15 is 0 Å². The second kappa shape index (κ2) is 19.2. The summed E-state index contributed by atoms with van der Waals surface area (Å²) in [5.41, 5.74) is 11.1. The van der Waals surface area contributed by atoms with Crippen molar-refractivity contribution in [1.29, 1.82) is 0 Å². The summed E-state index contributed by atoms with van der Waals surface area (Å²) in [5, 5.41) is 7.88. The van der Waals surface area contributed by atoms with Crippen LogP contribution >= 0.6 is 23.5 Å². The van der Waals surface area contributed by atoms with E-state index < -0.39 is 0 Å². The van der Waals surface area contributed by atoms with E-state index in [0.717, 1.165) is 86.5 Å². The van der Waals surface area contributed by atoms with Gasteiger partial charge in [-0.05, 0) is 72.3 Å². The minimum Gasteiger partial charge on any atom is -0.497 e. The number of benzene rings is 3. The summed E-state index contributed by atoms with van der Waals surface area (Å²) in [6.07, 6.45) is 3.26. The molecule has 1 fully saturated rings. The fraction of sp³-hybridized carbons (Fsp3) is 0.486. The first-order valence-electron chi connectivity index (χ1n) is 15.5. The molecule has 3 aromatic rings. The Morgan fingerprint density at radius 1 is 0.674 bits per heavy atom. The maximum absolute atomic E-state index is 5.74. The van der Waals surface area contributed by atoms with E-state index in [1.807, 2.05) is 47.8 Å². The molecule has 1 saturated heterocycles. The molecule has 0 saturated carbocycles. The molecule has 43 heavy (non-hydrogen) atoms. The Hall–Kier alpha value is -2.20. The van der Waals surface area contributed by atoms with Crippen molar-refractivity contribution in [3.8, 4) is 11.5 Å². The van der Waals surface area contributed by atoms with E-state index in [4.69, 9.17) is 15.2 Å². The first-order valence-corrected chi connectivity index (χ1v) is 17.9. The Labute approximate surface area is 267 Å². The molecule has 0 bridgehead atoms. The van der Waals surface area contributed by atoms with Crippen LogP contribution in [-0.4, -0.2) is 75.4 Å². The lowest BCUT2D eigenvalue weighted by molar-refractivity contribution is 0.273. The van der Waals surface area contributed by atoms with Gasteiger partial charge in [0.25, 0.3) is 0 Å². The molecule has 1 aliphatic rings. The van der Waals surface area contributed by atoms with Crippen molar-refractivity contribution in [2.75, 3.05) is 58.4 Å². The summed E-state index contributed by atoms with van der Waals surface area (Å²) in [7, 11) is 3.43. The first kappa shape index (κ1) is 33.7. The maximum atomic E-state index is 5.74. The molecule has 6 nitrogen and oxygen atoms in total. The Kier molecular flexibility index (Phi) is 15.1. The lowest BCUT2D eigenvalue weighted by Crippen LogP contribution is -2.49. The molecule has 2 atom stereocenters. The fourth-order valence-electron chi connectivity index (χ4n) is 5.50. The molecule has 4 rings (SSSR count). The van der Waals surface area contributed by atoms with Crippen LogP contribution in [0, 0.1) is 0 Å². The molecule has 1 aliphatic heterocycles. The zero-order valence-electron chi connectivity index (χ0n) is 25.9. The van der Waals surface area contributed by atoms with Gasteiger partial charge in [0.15, 0.2) is 0 Å². The van der Waals surface area contributed by atoms with E-state index in [2.05, 4.69) is 64.1 Å². The number of nitrogens with one attached hydrogen (secondary N) is 2. The normalized spacial score (nSPS) is 17.5. The smallest absolute Gasteiger partial charge is 0.118 e. The summed E-state index contributed by atoms with van der Waals surface area (Å²) in [6.45, 7) is 6.00. The summed E-state index contributed by atoms with van der Waals surface area (Å²) in [4.78, 5) is 2.63. The average Bonchev–Trinajstić information content (AvgIpc) is 3.24. The molecule has 3 aromatic carbocycles. The van der Waals surface area contributed by atoms with E-state index in [1.165, 1.54) is 22.3 Å². The first-order chi connectivity index (χ1) is 21.2. The second-order valence-electron chi connectivity index (χ2n) is 11.1. The van der Waals surface area contributed by atoms with E-state index in [9.17, 15) is 0 Å². The molecule has 0 aromatic heterocycles. The van der Waals surface area contributed by atoms with Crippen LogP contribution in [0.1, 0.15) is 35.1 Å². The highest BCUT2D eigenvalue weighted by molar-refractivity contribution is 7.98. The van der Waals surface area contributed by atoms with Gasteiger partial charge in [-0.25, -0.2) is 0 Å². The summed E-state index contributed by atoms with van der Waals surface area (Å²) < 4.78 is 10.6. The number of likely N-dealkylation sites (tertiary alicyclic amines) is 1. The van der Waals surface area contributed by atoms with Crippen molar-refractivity contribution in [2.24, 2.45) is 5.73 Å². The standard InChI is InChI=1S/C35H50N4O2S2/c1-40-32-11-7-30(8-12-32)26-42-23-19-37-34-16-21-39(25-29-5-3-28(4-6-29)15-18-36)22-17-35(34)38-20-24-43-27-31-9-13-33(41-2)14-10-31/h3-14,34-35,37-38H,15-27,36H2,1-2H3/t34-,35-/m1/s1. The number of methoxy groups -OCH3 is 2.